The van der Waals surface area contributed by atoms with Crippen LogP contribution in [0.25, 0.3) is 0 Å². The van der Waals surface area contributed by atoms with Crippen LogP contribution in [-0.2, 0) is 14.3 Å². The summed E-state index contributed by atoms with van der Waals surface area (Å²) < 4.78 is 11.6. The van der Waals surface area contributed by atoms with E-state index in [-0.39, 0.29) is 4.92 Å². The lowest BCUT2D eigenvalue weighted by molar-refractivity contribution is -0.540. The van der Waals surface area contributed by atoms with E-state index in [1.165, 1.54) is 32.1 Å². The Labute approximate surface area is 207 Å². The Balaban J connectivity index is 2.72. The van der Waals surface area contributed by atoms with E-state index in [1.54, 1.807) is 0 Å². The quantitative estimate of drug-likeness (QED) is 0.0990. The molecule has 0 aromatic carbocycles. The standard InChI is InChI=1S/C27H51NO6/c1-6-8-10-12-13-14-15-16-18-20-22(28(31)32)23(29)24-21(19-17-11-9-7-2)25(30)34-26(33-24)27(3,4)5/h21-24,26,29H,6-20H2,1-5H3/t21-,22?,23?,24+,26-/m0/s1. The van der Waals surface area contributed by atoms with Crippen LogP contribution in [0.15, 0.2) is 0 Å². The van der Waals surface area contributed by atoms with Gasteiger partial charge in [0.25, 0.3) is 0 Å². The molecule has 7 heteroatoms. The number of nitro groups is 1. The first-order chi connectivity index (χ1) is 16.1. The van der Waals surface area contributed by atoms with E-state index in [0.717, 1.165) is 44.9 Å². The van der Waals surface area contributed by atoms with E-state index in [2.05, 4.69) is 13.8 Å². The summed E-state index contributed by atoms with van der Waals surface area (Å²) in [5, 5.41) is 23.0. The summed E-state index contributed by atoms with van der Waals surface area (Å²) >= 11 is 0. The van der Waals surface area contributed by atoms with Crippen molar-refractivity contribution >= 4 is 5.97 Å². The zero-order valence-corrected chi connectivity index (χ0v) is 22.4. The van der Waals surface area contributed by atoms with Crippen molar-refractivity contribution in [3.63, 3.8) is 0 Å². The molecule has 1 N–H and O–H groups in total. The molecule has 0 spiro atoms. The first-order valence-corrected chi connectivity index (χ1v) is 13.8. The first kappa shape index (κ1) is 30.8. The summed E-state index contributed by atoms with van der Waals surface area (Å²) in [6.07, 6.45) is 11.8. The van der Waals surface area contributed by atoms with E-state index in [4.69, 9.17) is 9.47 Å². The van der Waals surface area contributed by atoms with Gasteiger partial charge in [0.2, 0.25) is 12.3 Å². The summed E-state index contributed by atoms with van der Waals surface area (Å²) in [6, 6.07) is -1.14. The molecule has 0 bridgehead atoms. The molecule has 5 atom stereocenters. The minimum absolute atomic E-state index is 0.293. The van der Waals surface area contributed by atoms with Gasteiger partial charge in [-0.05, 0) is 12.8 Å². The molecular formula is C27H51NO6. The molecule has 1 aliphatic heterocycles. The van der Waals surface area contributed by atoms with Crippen molar-refractivity contribution < 1.29 is 24.3 Å². The van der Waals surface area contributed by atoms with Crippen LogP contribution in [0.3, 0.4) is 0 Å². The summed E-state index contributed by atoms with van der Waals surface area (Å²) in [4.78, 5) is 24.4. The Bertz CT molecular complexity index is 576. The van der Waals surface area contributed by atoms with Crippen molar-refractivity contribution in [2.24, 2.45) is 11.3 Å². The molecule has 1 heterocycles. The number of unbranched alkanes of at least 4 members (excludes halogenated alkanes) is 11. The van der Waals surface area contributed by atoms with Crippen LogP contribution in [0.1, 0.15) is 131 Å². The van der Waals surface area contributed by atoms with Crippen molar-refractivity contribution in [2.75, 3.05) is 0 Å². The van der Waals surface area contributed by atoms with E-state index < -0.39 is 41.8 Å². The summed E-state index contributed by atoms with van der Waals surface area (Å²) in [6.45, 7) is 10.0. The van der Waals surface area contributed by atoms with E-state index in [1.807, 2.05) is 20.8 Å². The average molecular weight is 486 g/mol. The minimum atomic E-state index is -1.34. The van der Waals surface area contributed by atoms with Crippen molar-refractivity contribution in [3.05, 3.63) is 10.1 Å². The zero-order chi connectivity index (χ0) is 25.6. The van der Waals surface area contributed by atoms with Crippen LogP contribution in [0.4, 0.5) is 0 Å². The normalized spacial score (nSPS) is 22.9. The van der Waals surface area contributed by atoms with Gasteiger partial charge in [-0.25, -0.2) is 0 Å². The number of esters is 1. The second kappa shape index (κ2) is 16.5. The molecule has 1 rings (SSSR count). The van der Waals surface area contributed by atoms with Gasteiger partial charge in [0.05, 0.1) is 5.92 Å². The molecule has 34 heavy (non-hydrogen) atoms. The molecular weight excluding hydrogens is 434 g/mol. The number of cyclic esters (lactones) is 1. The molecule has 0 aromatic rings. The largest absolute Gasteiger partial charge is 0.435 e. The van der Waals surface area contributed by atoms with Crippen LogP contribution in [-0.4, -0.2) is 40.5 Å². The SMILES string of the molecule is CCCCCCCCCCCC(C(O)[C@@H]1O[C@H](C(C)(C)C)OC(=O)[C@H]1CCCCCC)[N+](=O)[O-]. The van der Waals surface area contributed by atoms with Crippen LogP contribution < -0.4 is 0 Å². The predicted molar refractivity (Wildman–Crippen MR) is 135 cm³/mol. The molecule has 0 aromatic heterocycles. The monoisotopic (exact) mass is 485 g/mol. The maximum absolute atomic E-state index is 12.9. The number of aliphatic hydroxyl groups excluding tert-OH is 1. The lowest BCUT2D eigenvalue weighted by Crippen LogP contribution is -2.56. The van der Waals surface area contributed by atoms with Gasteiger partial charge in [-0.3, -0.25) is 14.9 Å². The van der Waals surface area contributed by atoms with Gasteiger partial charge < -0.3 is 14.6 Å². The molecule has 1 saturated heterocycles. The molecule has 0 radical (unpaired) electrons. The average Bonchev–Trinajstić information content (AvgIpc) is 2.77. The number of carbonyl (C=O) groups excluding carboxylic acids is 1. The molecule has 2 unspecified atom stereocenters. The zero-order valence-electron chi connectivity index (χ0n) is 22.4. The maximum Gasteiger partial charge on any atom is 0.314 e. The summed E-state index contributed by atoms with van der Waals surface area (Å²) in [5.41, 5.74) is -0.484. The highest BCUT2D eigenvalue weighted by molar-refractivity contribution is 5.74. The summed E-state index contributed by atoms with van der Waals surface area (Å²) in [7, 11) is 0. The Morgan fingerprint density at radius 2 is 1.41 bits per heavy atom. The first-order valence-electron chi connectivity index (χ1n) is 13.8. The van der Waals surface area contributed by atoms with Gasteiger partial charge in [0.15, 0.2) is 0 Å². The number of hydrogen-bond acceptors (Lipinski definition) is 6. The molecule has 0 saturated carbocycles. The van der Waals surface area contributed by atoms with E-state index >= 15 is 0 Å². The molecule has 7 nitrogen and oxygen atoms in total. The summed E-state index contributed by atoms with van der Waals surface area (Å²) in [5.74, 6) is -1.08. The lowest BCUT2D eigenvalue weighted by atomic mass is 9.85. The lowest BCUT2D eigenvalue weighted by Gasteiger charge is -2.42. The van der Waals surface area contributed by atoms with Crippen LogP contribution >= 0.6 is 0 Å². The number of aliphatic hydroxyl groups is 1. The topological polar surface area (TPSA) is 98.9 Å². The number of rotatable bonds is 18. The highest BCUT2D eigenvalue weighted by Crippen LogP contribution is 2.36. The van der Waals surface area contributed by atoms with Crippen LogP contribution in [0.5, 0.6) is 0 Å². The maximum atomic E-state index is 12.9. The highest BCUT2D eigenvalue weighted by atomic mass is 16.7. The molecule has 0 aliphatic carbocycles. The van der Waals surface area contributed by atoms with Gasteiger partial charge in [-0.15, -0.1) is 0 Å². The fraction of sp³-hybridized carbons (Fsp3) is 0.963. The minimum Gasteiger partial charge on any atom is -0.435 e. The Morgan fingerprint density at radius 3 is 1.91 bits per heavy atom. The third-order valence-corrected chi connectivity index (χ3v) is 6.88. The third kappa shape index (κ3) is 11.0. The Hall–Kier alpha value is -1.21. The third-order valence-electron chi connectivity index (χ3n) is 6.88. The van der Waals surface area contributed by atoms with E-state index in [9.17, 15) is 20.0 Å². The van der Waals surface area contributed by atoms with E-state index in [0.29, 0.717) is 19.3 Å². The van der Waals surface area contributed by atoms with Crippen molar-refractivity contribution in [1.29, 1.82) is 0 Å². The predicted octanol–water partition coefficient (Wildman–Crippen LogP) is 6.81. The van der Waals surface area contributed by atoms with Crippen molar-refractivity contribution in [3.8, 4) is 0 Å². The number of carbonyl (C=O) groups is 1. The number of ether oxygens (including phenoxy) is 2. The molecule has 1 aliphatic rings. The van der Waals surface area contributed by atoms with Crippen LogP contribution in [0.2, 0.25) is 0 Å². The second-order valence-corrected chi connectivity index (χ2v) is 11.2. The molecule has 1 fully saturated rings. The van der Waals surface area contributed by atoms with Crippen molar-refractivity contribution in [2.45, 2.75) is 155 Å². The fourth-order valence-electron chi connectivity index (χ4n) is 4.65. The molecule has 0 amide bonds. The Kier molecular flexibility index (Phi) is 14.9. The number of hydrogen-bond donors (Lipinski definition) is 1. The number of nitrogens with zero attached hydrogens (tertiary/aromatic N) is 1. The van der Waals surface area contributed by atoms with Gasteiger partial charge >= 0.3 is 5.97 Å². The molecule has 200 valence electrons. The van der Waals surface area contributed by atoms with Crippen molar-refractivity contribution in [1.82, 2.24) is 0 Å². The van der Waals surface area contributed by atoms with Gasteiger partial charge in [-0.1, -0.05) is 112 Å². The van der Waals surface area contributed by atoms with Crippen LogP contribution in [0, 0.1) is 21.4 Å². The Morgan fingerprint density at radius 1 is 0.912 bits per heavy atom. The highest BCUT2D eigenvalue weighted by Gasteiger charge is 2.50. The smallest absolute Gasteiger partial charge is 0.314 e. The second-order valence-electron chi connectivity index (χ2n) is 11.2. The van der Waals surface area contributed by atoms with Gasteiger partial charge in [-0.2, -0.15) is 0 Å². The van der Waals surface area contributed by atoms with Gasteiger partial charge in [0.1, 0.15) is 12.2 Å². The van der Waals surface area contributed by atoms with Gasteiger partial charge in [0, 0.05) is 16.8 Å². The fourth-order valence-corrected chi connectivity index (χ4v) is 4.65.